The first-order valence-electron chi connectivity index (χ1n) is 8.06. The number of sulfone groups is 1. The average Bonchev–Trinajstić information content (AvgIpc) is 2.82. The number of anilines is 1. The van der Waals surface area contributed by atoms with Gasteiger partial charge in [0.05, 0.1) is 23.4 Å². The van der Waals surface area contributed by atoms with E-state index in [9.17, 15) is 21.6 Å². The highest BCUT2D eigenvalue weighted by Gasteiger charge is 2.30. The second kappa shape index (κ2) is 7.33. The van der Waals surface area contributed by atoms with E-state index in [-0.39, 0.29) is 24.0 Å². The number of carbonyl (C=O) groups is 1. The second-order valence-electron chi connectivity index (χ2n) is 6.65. The zero-order valence-electron chi connectivity index (χ0n) is 14.6. The highest BCUT2D eigenvalue weighted by molar-refractivity contribution is 7.92. The number of hydrogen-bond donors (Lipinski definition) is 1. The lowest BCUT2D eigenvalue weighted by molar-refractivity contribution is -0.120. The third kappa shape index (κ3) is 5.18. The first-order chi connectivity index (χ1) is 11.5. The average molecular weight is 389 g/mol. The van der Waals surface area contributed by atoms with Crippen LogP contribution in [0.2, 0.25) is 0 Å². The van der Waals surface area contributed by atoms with Crippen LogP contribution in [0.15, 0.2) is 24.3 Å². The monoisotopic (exact) mass is 388 g/mol. The Morgan fingerprint density at radius 1 is 1.32 bits per heavy atom. The van der Waals surface area contributed by atoms with Gasteiger partial charge in [-0.25, -0.2) is 16.8 Å². The third-order valence-electron chi connectivity index (χ3n) is 4.11. The van der Waals surface area contributed by atoms with Crippen molar-refractivity contribution in [3.8, 4) is 0 Å². The number of nitrogens with zero attached hydrogens (tertiary/aromatic N) is 1. The topological polar surface area (TPSA) is 101 Å². The molecule has 0 aromatic heterocycles. The summed E-state index contributed by atoms with van der Waals surface area (Å²) in [5.41, 5.74) is 1.29. The van der Waals surface area contributed by atoms with E-state index < -0.39 is 31.8 Å². The number of benzene rings is 1. The number of nitrogens with one attached hydrogen (secondary N) is 1. The van der Waals surface area contributed by atoms with Crippen LogP contribution in [-0.2, 0) is 24.7 Å². The van der Waals surface area contributed by atoms with Crippen molar-refractivity contribution in [2.75, 3.05) is 28.6 Å². The predicted molar refractivity (Wildman–Crippen MR) is 97.9 cm³/mol. The Morgan fingerprint density at radius 3 is 2.48 bits per heavy atom. The van der Waals surface area contributed by atoms with Gasteiger partial charge in [-0.1, -0.05) is 32.0 Å². The summed E-state index contributed by atoms with van der Waals surface area (Å²) in [4.78, 5) is 12.3. The molecule has 140 valence electrons. The molecule has 7 nitrogen and oxygen atoms in total. The van der Waals surface area contributed by atoms with Gasteiger partial charge in [-0.15, -0.1) is 0 Å². The van der Waals surface area contributed by atoms with Gasteiger partial charge in [0.1, 0.15) is 6.54 Å². The molecule has 0 radical (unpaired) electrons. The van der Waals surface area contributed by atoms with Gasteiger partial charge in [-0.2, -0.15) is 0 Å². The van der Waals surface area contributed by atoms with Crippen LogP contribution in [0.25, 0.3) is 0 Å². The Balaban J connectivity index is 2.21. The second-order valence-corrected chi connectivity index (χ2v) is 10.8. The molecule has 25 heavy (non-hydrogen) atoms. The van der Waals surface area contributed by atoms with Gasteiger partial charge in [0.15, 0.2) is 9.84 Å². The summed E-state index contributed by atoms with van der Waals surface area (Å²) in [5.74, 6) is -0.473. The van der Waals surface area contributed by atoms with E-state index in [0.29, 0.717) is 12.1 Å². The maximum atomic E-state index is 12.3. The smallest absolute Gasteiger partial charge is 0.241 e. The number of rotatable bonds is 6. The Morgan fingerprint density at radius 2 is 1.96 bits per heavy atom. The molecular weight excluding hydrogens is 364 g/mol. The maximum absolute atomic E-state index is 12.3. The minimum Gasteiger partial charge on any atom is -0.351 e. The standard InChI is InChI=1S/C16H24N2O5S2/c1-12(2)14-6-4-5-7-15(14)18(24(3,20)21)10-16(19)17-13-8-9-25(22,23)11-13/h4-7,12-13H,8-11H2,1-3H3,(H,17,19). The summed E-state index contributed by atoms with van der Waals surface area (Å²) < 4.78 is 48.5. The summed E-state index contributed by atoms with van der Waals surface area (Å²) in [6.45, 7) is 3.52. The number of sulfonamides is 1. The van der Waals surface area contributed by atoms with Crippen LogP contribution in [0.5, 0.6) is 0 Å². The van der Waals surface area contributed by atoms with E-state index in [4.69, 9.17) is 0 Å². The molecule has 1 saturated heterocycles. The van der Waals surface area contributed by atoms with Gasteiger partial charge in [-0.05, 0) is 24.0 Å². The highest BCUT2D eigenvalue weighted by atomic mass is 32.2. The van der Waals surface area contributed by atoms with E-state index in [1.807, 2.05) is 26.0 Å². The van der Waals surface area contributed by atoms with Crippen molar-refractivity contribution in [2.24, 2.45) is 0 Å². The lowest BCUT2D eigenvalue weighted by atomic mass is 10.0. The minimum absolute atomic E-state index is 0.0456. The zero-order chi connectivity index (χ0) is 18.8. The van der Waals surface area contributed by atoms with E-state index in [0.717, 1.165) is 16.1 Å². The molecule has 0 saturated carbocycles. The third-order valence-corrected chi connectivity index (χ3v) is 7.01. The number of para-hydroxylation sites is 1. The quantitative estimate of drug-likeness (QED) is 0.780. The number of carbonyl (C=O) groups excluding carboxylic acids is 1. The van der Waals surface area contributed by atoms with E-state index in [2.05, 4.69) is 5.32 Å². The molecule has 1 aliphatic rings. The Hall–Kier alpha value is -1.61. The van der Waals surface area contributed by atoms with Crippen LogP contribution in [0.4, 0.5) is 5.69 Å². The first kappa shape index (κ1) is 19.7. The van der Waals surface area contributed by atoms with Crippen LogP contribution in [0.3, 0.4) is 0 Å². The van der Waals surface area contributed by atoms with Gasteiger partial charge >= 0.3 is 0 Å². The Bertz CT molecular complexity index is 847. The predicted octanol–water partition coefficient (Wildman–Crippen LogP) is 0.879. The van der Waals surface area contributed by atoms with Crippen molar-refractivity contribution < 1.29 is 21.6 Å². The highest BCUT2D eigenvalue weighted by Crippen LogP contribution is 2.28. The summed E-state index contributed by atoms with van der Waals surface area (Å²) in [5, 5.41) is 2.63. The molecule has 1 atom stereocenters. The molecule has 1 heterocycles. The Labute approximate surface area is 149 Å². The molecule has 9 heteroatoms. The zero-order valence-corrected chi connectivity index (χ0v) is 16.2. The van der Waals surface area contributed by atoms with Crippen molar-refractivity contribution in [3.63, 3.8) is 0 Å². The molecule has 0 bridgehead atoms. The van der Waals surface area contributed by atoms with Gasteiger partial charge in [0.25, 0.3) is 0 Å². The molecule has 2 rings (SSSR count). The van der Waals surface area contributed by atoms with Gasteiger partial charge in [0, 0.05) is 6.04 Å². The van der Waals surface area contributed by atoms with Crippen molar-refractivity contribution in [1.29, 1.82) is 0 Å². The fourth-order valence-corrected chi connectivity index (χ4v) is 5.45. The molecule has 1 aromatic rings. The molecular formula is C16H24N2O5S2. The van der Waals surface area contributed by atoms with Crippen LogP contribution in [-0.4, -0.2) is 53.1 Å². The van der Waals surface area contributed by atoms with E-state index >= 15 is 0 Å². The maximum Gasteiger partial charge on any atom is 0.241 e. The largest absolute Gasteiger partial charge is 0.351 e. The molecule has 0 aliphatic carbocycles. The summed E-state index contributed by atoms with van der Waals surface area (Å²) in [6, 6.07) is 6.59. The van der Waals surface area contributed by atoms with Crippen LogP contribution in [0.1, 0.15) is 31.7 Å². The molecule has 1 aliphatic heterocycles. The van der Waals surface area contributed by atoms with Crippen molar-refractivity contribution in [1.82, 2.24) is 5.32 Å². The van der Waals surface area contributed by atoms with Gasteiger partial charge in [0.2, 0.25) is 15.9 Å². The lowest BCUT2D eigenvalue weighted by Gasteiger charge is -2.26. The molecule has 1 unspecified atom stereocenters. The minimum atomic E-state index is -3.67. The van der Waals surface area contributed by atoms with E-state index in [1.54, 1.807) is 12.1 Å². The molecule has 1 fully saturated rings. The molecule has 1 aromatic carbocycles. The number of hydrogen-bond acceptors (Lipinski definition) is 5. The molecule has 1 amide bonds. The normalized spacial score (nSPS) is 19.8. The number of amides is 1. The Kier molecular flexibility index (Phi) is 5.78. The first-order valence-corrected chi connectivity index (χ1v) is 11.7. The fourth-order valence-electron chi connectivity index (χ4n) is 2.90. The molecule has 1 N–H and O–H groups in total. The van der Waals surface area contributed by atoms with Gasteiger partial charge < -0.3 is 5.32 Å². The van der Waals surface area contributed by atoms with E-state index in [1.165, 1.54) is 0 Å². The SMILES string of the molecule is CC(C)c1ccccc1N(CC(=O)NC1CCS(=O)(=O)C1)S(C)(=O)=O. The van der Waals surface area contributed by atoms with Crippen molar-refractivity contribution in [2.45, 2.75) is 32.2 Å². The molecule has 0 spiro atoms. The van der Waals surface area contributed by atoms with Crippen molar-refractivity contribution in [3.05, 3.63) is 29.8 Å². The van der Waals surface area contributed by atoms with Crippen LogP contribution < -0.4 is 9.62 Å². The summed E-state index contributed by atoms with van der Waals surface area (Å²) in [6.07, 6.45) is 1.41. The fraction of sp³-hybridized carbons (Fsp3) is 0.562. The summed E-state index contributed by atoms with van der Waals surface area (Å²) in [7, 11) is -6.79. The van der Waals surface area contributed by atoms with Crippen LogP contribution >= 0.6 is 0 Å². The summed E-state index contributed by atoms with van der Waals surface area (Å²) >= 11 is 0. The van der Waals surface area contributed by atoms with Crippen molar-refractivity contribution >= 4 is 31.5 Å². The lowest BCUT2D eigenvalue weighted by Crippen LogP contribution is -2.44. The van der Waals surface area contributed by atoms with Gasteiger partial charge in [-0.3, -0.25) is 9.10 Å². The van der Waals surface area contributed by atoms with Crippen LogP contribution in [0, 0.1) is 0 Å².